The van der Waals surface area contributed by atoms with Crippen LogP contribution in [0.25, 0.3) is 0 Å². The monoisotopic (exact) mass is 418 g/mol. The third kappa shape index (κ3) is 7.17. The summed E-state index contributed by atoms with van der Waals surface area (Å²) in [7, 11) is 0. The first kappa shape index (κ1) is 20.4. The average Bonchev–Trinajstić information content (AvgIpc) is 2.60. The summed E-state index contributed by atoms with van der Waals surface area (Å²) in [6, 6.07) is 10.4. The van der Waals surface area contributed by atoms with Crippen molar-refractivity contribution < 1.29 is 0 Å². The molecule has 0 bridgehead atoms. The zero-order chi connectivity index (χ0) is 17.0. The van der Waals surface area contributed by atoms with E-state index in [0.717, 1.165) is 5.56 Å². The van der Waals surface area contributed by atoms with E-state index in [1.807, 2.05) is 6.07 Å². The van der Waals surface area contributed by atoms with Gasteiger partial charge in [-0.1, -0.05) is 0 Å². The second kappa shape index (κ2) is 11.8. The van der Waals surface area contributed by atoms with Gasteiger partial charge in [-0.3, -0.25) is 0 Å². The molecule has 23 heavy (non-hydrogen) atoms. The molecule has 0 N–H and O–H groups in total. The van der Waals surface area contributed by atoms with Crippen LogP contribution in [0, 0.1) is 11.8 Å². The van der Waals surface area contributed by atoms with Crippen LogP contribution in [0.5, 0.6) is 0 Å². The molecule has 1 heteroatoms. The molecule has 1 aromatic rings. The Morgan fingerprint density at radius 3 is 1.78 bits per heavy atom. The van der Waals surface area contributed by atoms with E-state index in [2.05, 4.69) is 63.5 Å². The molecule has 0 aliphatic carbocycles. The van der Waals surface area contributed by atoms with Gasteiger partial charge in [0.2, 0.25) is 0 Å². The first-order valence-electron chi connectivity index (χ1n) is 9.45. The number of unbranched alkanes of at least 4 members (excludes halogenated alkanes) is 3. The van der Waals surface area contributed by atoms with Crippen LogP contribution in [0.4, 0.5) is 0 Å². The fraction of sp³-hybridized carbons (Fsp3) is 0.545. The summed E-state index contributed by atoms with van der Waals surface area (Å²) in [5, 5.41) is 0. The molecule has 0 saturated heterocycles. The molecule has 1 aromatic carbocycles. The van der Waals surface area contributed by atoms with E-state index in [1.165, 1.54) is 55.4 Å². The Bertz CT molecular complexity index is 482. The molecule has 0 aliphatic rings. The van der Waals surface area contributed by atoms with Crippen LogP contribution in [0.3, 0.4) is 0 Å². The van der Waals surface area contributed by atoms with Crippen LogP contribution in [-0.4, -0.2) is 18.4 Å². The molecule has 0 fully saturated rings. The van der Waals surface area contributed by atoms with Crippen molar-refractivity contribution in [1.82, 2.24) is 0 Å². The molecule has 0 aromatic heterocycles. The SMILES string of the molecule is C=[C](C#Cc1ccccc1)[Sn]([CH2]CCC)([CH2]CCC)[CH2]CCC. The molecule has 0 radical (unpaired) electrons. The van der Waals surface area contributed by atoms with Crippen LogP contribution in [0.15, 0.2) is 40.5 Å². The first-order chi connectivity index (χ1) is 11.2. The third-order valence-corrected chi connectivity index (χ3v) is 20.0. The van der Waals surface area contributed by atoms with E-state index in [9.17, 15) is 0 Å². The summed E-state index contributed by atoms with van der Waals surface area (Å²) in [5.74, 6) is 6.90. The normalized spacial score (nSPS) is 10.9. The van der Waals surface area contributed by atoms with Gasteiger partial charge in [0.25, 0.3) is 0 Å². The summed E-state index contributed by atoms with van der Waals surface area (Å²) >= 11 is -2.36. The van der Waals surface area contributed by atoms with Crippen molar-refractivity contribution in [1.29, 1.82) is 0 Å². The Kier molecular flexibility index (Phi) is 10.4. The van der Waals surface area contributed by atoms with Crippen molar-refractivity contribution in [3.05, 3.63) is 46.1 Å². The first-order valence-corrected chi connectivity index (χ1v) is 16.9. The Hall–Kier alpha value is -0.681. The van der Waals surface area contributed by atoms with Gasteiger partial charge in [-0.25, -0.2) is 0 Å². The topological polar surface area (TPSA) is 0 Å². The van der Waals surface area contributed by atoms with Crippen molar-refractivity contribution in [3.8, 4) is 11.8 Å². The van der Waals surface area contributed by atoms with Gasteiger partial charge in [0.15, 0.2) is 0 Å². The maximum atomic E-state index is 4.52. The maximum absolute atomic E-state index is 4.52. The number of allylic oxidation sites excluding steroid dienone is 1. The molecule has 126 valence electrons. The number of benzene rings is 1. The summed E-state index contributed by atoms with van der Waals surface area (Å²) in [6.45, 7) is 11.5. The van der Waals surface area contributed by atoms with Crippen molar-refractivity contribution >= 4 is 18.4 Å². The van der Waals surface area contributed by atoms with Gasteiger partial charge in [-0.05, 0) is 0 Å². The molecular formula is C22H34Sn. The minimum absolute atomic E-state index is 1.12. The fourth-order valence-electron chi connectivity index (χ4n) is 3.17. The van der Waals surface area contributed by atoms with Crippen LogP contribution in [0.1, 0.15) is 64.9 Å². The third-order valence-electron chi connectivity index (χ3n) is 4.80. The fourth-order valence-corrected chi connectivity index (χ4v) is 17.7. The molecule has 0 amide bonds. The molecule has 0 atom stereocenters. The number of hydrogen-bond acceptors (Lipinski definition) is 0. The number of hydrogen-bond donors (Lipinski definition) is 0. The van der Waals surface area contributed by atoms with Gasteiger partial charge in [-0.2, -0.15) is 0 Å². The molecule has 0 unspecified atom stereocenters. The van der Waals surface area contributed by atoms with E-state index in [0.29, 0.717) is 0 Å². The van der Waals surface area contributed by atoms with Gasteiger partial charge < -0.3 is 0 Å². The quantitative estimate of drug-likeness (QED) is 0.285. The van der Waals surface area contributed by atoms with Crippen molar-refractivity contribution in [2.45, 2.75) is 72.6 Å². The van der Waals surface area contributed by atoms with Crippen LogP contribution >= 0.6 is 0 Å². The zero-order valence-electron chi connectivity index (χ0n) is 15.5. The molecule has 0 aliphatic heterocycles. The summed E-state index contributed by atoms with van der Waals surface area (Å²) in [5.41, 5.74) is 1.12. The van der Waals surface area contributed by atoms with E-state index >= 15 is 0 Å². The molecule has 1 rings (SSSR count). The zero-order valence-corrected chi connectivity index (χ0v) is 18.3. The average molecular weight is 417 g/mol. The second-order valence-corrected chi connectivity index (χ2v) is 20.0. The van der Waals surface area contributed by atoms with E-state index in [4.69, 9.17) is 0 Å². The Morgan fingerprint density at radius 1 is 0.870 bits per heavy atom. The van der Waals surface area contributed by atoms with E-state index in [-0.39, 0.29) is 0 Å². The van der Waals surface area contributed by atoms with Gasteiger partial charge in [0.05, 0.1) is 0 Å². The van der Waals surface area contributed by atoms with Crippen molar-refractivity contribution in [3.63, 3.8) is 0 Å². The van der Waals surface area contributed by atoms with Crippen molar-refractivity contribution in [2.75, 3.05) is 0 Å². The molecule has 0 saturated carbocycles. The van der Waals surface area contributed by atoms with Crippen LogP contribution in [0.2, 0.25) is 13.3 Å². The Labute approximate surface area is 148 Å². The number of rotatable bonds is 10. The van der Waals surface area contributed by atoms with Crippen LogP contribution in [-0.2, 0) is 0 Å². The van der Waals surface area contributed by atoms with Gasteiger partial charge in [0, 0.05) is 0 Å². The van der Waals surface area contributed by atoms with E-state index in [1.54, 1.807) is 0 Å². The van der Waals surface area contributed by atoms with E-state index < -0.39 is 18.4 Å². The van der Waals surface area contributed by atoms with Gasteiger partial charge >= 0.3 is 149 Å². The van der Waals surface area contributed by atoms with Gasteiger partial charge in [0.1, 0.15) is 0 Å². The van der Waals surface area contributed by atoms with Gasteiger partial charge in [-0.15, -0.1) is 0 Å². The minimum atomic E-state index is -2.36. The van der Waals surface area contributed by atoms with Crippen molar-refractivity contribution in [2.24, 2.45) is 0 Å². The Balaban J connectivity index is 2.98. The summed E-state index contributed by atoms with van der Waals surface area (Å²) < 4.78 is 5.73. The molecule has 0 spiro atoms. The Morgan fingerprint density at radius 2 is 1.35 bits per heavy atom. The second-order valence-electron chi connectivity index (χ2n) is 6.69. The standard InChI is InChI=1S/C10H7.3C4H9.Sn/c1-2-3-7-10-8-5-4-6-9-10;3*1-3-4-2;/h4-6,8-9H,1H2;3*1,3-4H2,2H3;. The molecule has 0 heterocycles. The molecular weight excluding hydrogens is 383 g/mol. The summed E-state index contributed by atoms with van der Waals surface area (Å²) in [6.07, 6.45) is 8.02. The predicted octanol–water partition coefficient (Wildman–Crippen LogP) is 6.98. The molecule has 0 nitrogen and oxygen atoms in total. The van der Waals surface area contributed by atoms with Crippen LogP contribution < -0.4 is 0 Å². The summed E-state index contributed by atoms with van der Waals surface area (Å²) in [4.78, 5) is 0. The predicted molar refractivity (Wildman–Crippen MR) is 107 cm³/mol.